The molecule has 3 nitrogen and oxygen atoms in total. The van der Waals surface area contributed by atoms with Crippen molar-refractivity contribution in [3.8, 4) is 0 Å². The summed E-state index contributed by atoms with van der Waals surface area (Å²) in [6.45, 7) is 2.01. The first kappa shape index (κ1) is 16.8. The minimum Gasteiger partial charge on any atom is -0.465 e. The van der Waals surface area contributed by atoms with Gasteiger partial charge in [0.25, 0.3) is 0 Å². The van der Waals surface area contributed by atoms with Gasteiger partial charge in [0.2, 0.25) is 0 Å². The molecule has 0 bridgehead atoms. The summed E-state index contributed by atoms with van der Waals surface area (Å²) in [5.74, 6) is -0.393. The minimum atomic E-state index is -0.393. The van der Waals surface area contributed by atoms with Crippen LogP contribution in [0.4, 0.5) is 5.69 Å². The highest BCUT2D eigenvalue weighted by atomic mass is 79.9. The number of carbonyl (C=O) groups is 1. The van der Waals surface area contributed by atoms with Crippen LogP contribution in [0.15, 0.2) is 33.2 Å². The van der Waals surface area contributed by atoms with Gasteiger partial charge in [-0.1, -0.05) is 27.5 Å². The van der Waals surface area contributed by atoms with Crippen LogP contribution in [0.2, 0.25) is 4.34 Å². The van der Waals surface area contributed by atoms with Crippen LogP contribution in [0.1, 0.15) is 28.2 Å². The summed E-state index contributed by atoms with van der Waals surface area (Å²) in [4.78, 5) is 13.0. The summed E-state index contributed by atoms with van der Waals surface area (Å²) >= 11 is 14.3. The van der Waals surface area contributed by atoms with Crippen molar-refractivity contribution in [1.29, 1.82) is 0 Å². The van der Waals surface area contributed by atoms with E-state index in [-0.39, 0.29) is 6.04 Å². The molecule has 2 rings (SSSR count). The van der Waals surface area contributed by atoms with Crippen molar-refractivity contribution in [2.45, 2.75) is 13.0 Å². The fourth-order valence-corrected chi connectivity index (χ4v) is 4.24. The number of thiophene rings is 1. The molecule has 1 aromatic heterocycles. The van der Waals surface area contributed by atoms with Crippen LogP contribution in [-0.4, -0.2) is 13.1 Å². The van der Waals surface area contributed by atoms with Crippen molar-refractivity contribution in [2.75, 3.05) is 12.4 Å². The summed E-state index contributed by atoms with van der Waals surface area (Å²) in [7, 11) is 1.36. The second-order valence-electron chi connectivity index (χ2n) is 4.31. The Morgan fingerprint density at radius 1 is 1.38 bits per heavy atom. The molecule has 112 valence electrons. The highest BCUT2D eigenvalue weighted by molar-refractivity contribution is 9.11. The average Bonchev–Trinajstić information content (AvgIpc) is 2.87. The summed E-state index contributed by atoms with van der Waals surface area (Å²) in [6.07, 6.45) is 0. The molecule has 21 heavy (non-hydrogen) atoms. The predicted octanol–water partition coefficient (Wildman–Crippen LogP) is 5.89. The van der Waals surface area contributed by atoms with Gasteiger partial charge in [-0.25, -0.2) is 4.79 Å². The highest BCUT2D eigenvalue weighted by Gasteiger charge is 2.18. The minimum absolute atomic E-state index is 0.0170. The third-order valence-electron chi connectivity index (χ3n) is 2.84. The van der Waals surface area contributed by atoms with E-state index in [1.54, 1.807) is 6.07 Å². The number of methoxy groups -OCH3 is 1. The Balaban J connectivity index is 2.36. The van der Waals surface area contributed by atoms with Gasteiger partial charge in [0, 0.05) is 13.8 Å². The molecule has 0 radical (unpaired) electrons. The lowest BCUT2D eigenvalue weighted by Crippen LogP contribution is -2.11. The Labute approximate surface area is 148 Å². The summed E-state index contributed by atoms with van der Waals surface area (Å²) < 4.78 is 7.16. The second-order valence-corrected chi connectivity index (χ2v) is 7.83. The van der Waals surface area contributed by atoms with Crippen molar-refractivity contribution >= 4 is 66.5 Å². The Bertz CT molecular complexity index is 675. The molecule has 0 amide bonds. The number of anilines is 1. The number of halogens is 3. The third kappa shape index (κ3) is 4.00. The smallest absolute Gasteiger partial charge is 0.340 e. The molecule has 1 unspecified atom stereocenters. The first-order valence-electron chi connectivity index (χ1n) is 6.01. The van der Waals surface area contributed by atoms with Crippen LogP contribution in [0.5, 0.6) is 0 Å². The molecule has 0 fully saturated rings. The van der Waals surface area contributed by atoms with Gasteiger partial charge < -0.3 is 10.1 Å². The number of benzene rings is 1. The van der Waals surface area contributed by atoms with Gasteiger partial charge >= 0.3 is 5.97 Å². The van der Waals surface area contributed by atoms with Crippen LogP contribution in [0, 0.1) is 0 Å². The molecule has 0 saturated heterocycles. The molecule has 7 heteroatoms. The lowest BCUT2D eigenvalue weighted by molar-refractivity contribution is 0.0601. The lowest BCUT2D eigenvalue weighted by atomic mass is 10.1. The molecular formula is C14H12Br2ClNO2S. The maximum atomic E-state index is 11.9. The number of esters is 1. The molecule has 0 spiro atoms. The summed E-state index contributed by atoms with van der Waals surface area (Å²) in [6, 6.07) is 7.45. The van der Waals surface area contributed by atoms with E-state index in [9.17, 15) is 4.79 Å². The standard InChI is InChI=1S/C14H12Br2ClNO2S/c1-7(11-3-4-12(17)21-11)18-13-9(14(19)20-2)5-8(15)6-10(13)16/h3-7,18H,1-2H3. The highest BCUT2D eigenvalue weighted by Crippen LogP contribution is 2.35. The molecule has 0 saturated carbocycles. The first-order valence-corrected chi connectivity index (χ1v) is 8.79. The maximum absolute atomic E-state index is 11.9. The molecule has 1 N–H and O–H groups in total. The molecule has 0 aliphatic rings. The molecule has 1 aromatic carbocycles. The Kier molecular flexibility index (Phi) is 5.71. The number of nitrogens with one attached hydrogen (secondary N) is 1. The molecule has 1 heterocycles. The fraction of sp³-hybridized carbons (Fsp3) is 0.214. The van der Waals surface area contributed by atoms with E-state index < -0.39 is 5.97 Å². The van der Waals surface area contributed by atoms with Crippen molar-refractivity contribution in [3.05, 3.63) is 48.0 Å². The molecular weight excluding hydrogens is 441 g/mol. The quantitative estimate of drug-likeness (QED) is 0.587. The van der Waals surface area contributed by atoms with Gasteiger partial charge in [-0.3, -0.25) is 0 Å². The van der Waals surface area contributed by atoms with Gasteiger partial charge in [-0.05, 0) is 47.1 Å². The molecule has 2 aromatic rings. The Morgan fingerprint density at radius 2 is 2.10 bits per heavy atom. The van der Waals surface area contributed by atoms with Crippen LogP contribution >= 0.6 is 54.8 Å². The SMILES string of the molecule is COC(=O)c1cc(Br)cc(Br)c1NC(C)c1ccc(Cl)s1. The summed E-state index contributed by atoms with van der Waals surface area (Å²) in [5.41, 5.74) is 1.16. The van der Waals surface area contributed by atoms with E-state index in [1.807, 2.05) is 25.1 Å². The van der Waals surface area contributed by atoms with E-state index in [1.165, 1.54) is 18.4 Å². The number of carbonyl (C=O) groups excluding carboxylic acids is 1. The molecule has 0 aliphatic carbocycles. The zero-order valence-electron chi connectivity index (χ0n) is 11.2. The average molecular weight is 454 g/mol. The first-order chi connectivity index (χ1) is 9.92. The third-order valence-corrected chi connectivity index (χ3v) is 5.34. The van der Waals surface area contributed by atoms with Gasteiger partial charge in [-0.2, -0.15) is 0 Å². The van der Waals surface area contributed by atoms with Gasteiger partial charge in [0.1, 0.15) is 0 Å². The van der Waals surface area contributed by atoms with Crippen LogP contribution in [0.25, 0.3) is 0 Å². The van der Waals surface area contributed by atoms with Crippen LogP contribution in [-0.2, 0) is 4.74 Å². The monoisotopic (exact) mass is 451 g/mol. The summed E-state index contributed by atoms with van der Waals surface area (Å²) in [5, 5.41) is 3.33. The fourth-order valence-electron chi connectivity index (χ4n) is 1.84. The Hall–Kier alpha value is -0.560. The van der Waals surface area contributed by atoms with E-state index in [0.717, 1.165) is 18.2 Å². The maximum Gasteiger partial charge on any atom is 0.340 e. The van der Waals surface area contributed by atoms with Crippen LogP contribution < -0.4 is 5.32 Å². The van der Waals surface area contributed by atoms with Crippen molar-refractivity contribution in [3.63, 3.8) is 0 Å². The second kappa shape index (κ2) is 7.13. The van der Waals surface area contributed by atoms with Crippen LogP contribution in [0.3, 0.4) is 0 Å². The van der Waals surface area contributed by atoms with E-state index >= 15 is 0 Å². The van der Waals surface area contributed by atoms with E-state index in [4.69, 9.17) is 16.3 Å². The number of hydrogen-bond acceptors (Lipinski definition) is 4. The van der Waals surface area contributed by atoms with Gasteiger partial charge in [0.05, 0.1) is 28.7 Å². The zero-order valence-corrected chi connectivity index (χ0v) is 16.0. The topological polar surface area (TPSA) is 38.3 Å². The van der Waals surface area contributed by atoms with Crippen molar-refractivity contribution in [2.24, 2.45) is 0 Å². The Morgan fingerprint density at radius 3 is 2.67 bits per heavy atom. The van der Waals surface area contributed by atoms with Gasteiger partial charge in [-0.15, -0.1) is 11.3 Å². The normalized spacial score (nSPS) is 12.0. The lowest BCUT2D eigenvalue weighted by Gasteiger charge is -2.18. The van der Waals surface area contributed by atoms with E-state index in [2.05, 4.69) is 37.2 Å². The largest absolute Gasteiger partial charge is 0.465 e. The van der Waals surface area contributed by atoms with Crippen molar-refractivity contribution < 1.29 is 9.53 Å². The number of ether oxygens (including phenoxy) is 1. The van der Waals surface area contributed by atoms with Crippen molar-refractivity contribution in [1.82, 2.24) is 0 Å². The predicted molar refractivity (Wildman–Crippen MR) is 94.5 cm³/mol. The van der Waals surface area contributed by atoms with E-state index in [0.29, 0.717) is 11.3 Å². The zero-order chi connectivity index (χ0) is 15.6. The van der Waals surface area contributed by atoms with Gasteiger partial charge in [0.15, 0.2) is 0 Å². The number of rotatable bonds is 4. The number of hydrogen-bond donors (Lipinski definition) is 1. The molecule has 0 aliphatic heterocycles. The molecule has 1 atom stereocenters.